The van der Waals surface area contributed by atoms with E-state index in [1.165, 1.54) is 0 Å². The monoisotopic (exact) mass is 409 g/mol. The normalized spacial score (nSPS) is 15.8. The van der Waals surface area contributed by atoms with E-state index in [1.807, 2.05) is 24.3 Å². The predicted octanol–water partition coefficient (Wildman–Crippen LogP) is 3.67. The van der Waals surface area contributed by atoms with Crippen LogP contribution in [0.5, 0.6) is 0 Å². The van der Waals surface area contributed by atoms with Crippen LogP contribution >= 0.6 is 28.3 Å². The fourth-order valence-electron chi connectivity index (χ4n) is 3.00. The van der Waals surface area contributed by atoms with Crippen LogP contribution in [0.3, 0.4) is 0 Å². The van der Waals surface area contributed by atoms with Gasteiger partial charge in [-0.3, -0.25) is 14.8 Å². The van der Waals surface area contributed by atoms with Gasteiger partial charge >= 0.3 is 6.03 Å². The highest BCUT2D eigenvalue weighted by molar-refractivity contribution is 9.10. The Hall–Kier alpha value is -1.86. The fraction of sp³-hybridized carbons (Fsp3) is 0.312. The molecule has 0 aliphatic carbocycles. The maximum absolute atomic E-state index is 12.7. The number of hydrogen-bond acceptors (Lipinski definition) is 3. The lowest BCUT2D eigenvalue weighted by Crippen LogP contribution is -2.50. The number of amidine groups is 1. The number of amides is 2. The third-order valence-electron chi connectivity index (χ3n) is 4.01. The molecule has 0 bridgehead atoms. The molecule has 1 N–H and O–H groups in total. The number of carbonyl (C=O) groups excluding carboxylic acids is 1. The van der Waals surface area contributed by atoms with Gasteiger partial charge in [0.2, 0.25) is 0 Å². The van der Waals surface area contributed by atoms with Gasteiger partial charge in [0, 0.05) is 23.1 Å². The number of aromatic nitrogens is 2. The van der Waals surface area contributed by atoms with Gasteiger partial charge in [-0.2, -0.15) is 0 Å². The van der Waals surface area contributed by atoms with Crippen molar-refractivity contribution in [2.45, 2.75) is 13.3 Å². The molecule has 3 heterocycles. The number of urea groups is 1. The Kier molecular flexibility index (Phi) is 4.64. The van der Waals surface area contributed by atoms with Crippen molar-refractivity contribution in [3.63, 3.8) is 0 Å². The Labute approximate surface area is 154 Å². The lowest BCUT2D eigenvalue weighted by molar-refractivity contribution is 0.228. The molecule has 0 spiro atoms. The Balaban J connectivity index is 0.00000169. The molecule has 0 unspecified atom stereocenters. The van der Waals surface area contributed by atoms with Crippen molar-refractivity contribution in [2.75, 3.05) is 24.5 Å². The molecule has 126 valence electrons. The second kappa shape index (κ2) is 6.57. The van der Waals surface area contributed by atoms with E-state index in [0.29, 0.717) is 31.3 Å². The van der Waals surface area contributed by atoms with Crippen molar-refractivity contribution < 1.29 is 4.79 Å². The molecule has 1 aromatic heterocycles. The maximum Gasteiger partial charge on any atom is 0.331 e. The van der Waals surface area contributed by atoms with Crippen LogP contribution < -0.4 is 4.90 Å². The molecular weight excluding hydrogens is 394 g/mol. The van der Waals surface area contributed by atoms with E-state index in [9.17, 15) is 4.79 Å². The number of aromatic amines is 1. The molecule has 0 fully saturated rings. The van der Waals surface area contributed by atoms with Gasteiger partial charge in [0.1, 0.15) is 11.5 Å². The minimum Gasteiger partial charge on any atom is -0.334 e. The Bertz CT molecular complexity index is 819. The molecule has 2 amide bonds. The highest BCUT2D eigenvalue weighted by Gasteiger charge is 2.39. The third-order valence-corrected chi connectivity index (χ3v) is 4.51. The largest absolute Gasteiger partial charge is 0.334 e. The molecule has 2 aliphatic rings. The molecule has 0 saturated carbocycles. The zero-order chi connectivity index (χ0) is 16.0. The predicted molar refractivity (Wildman–Crippen MR) is 100 cm³/mol. The van der Waals surface area contributed by atoms with Gasteiger partial charge < -0.3 is 4.98 Å². The molecule has 0 atom stereocenters. The lowest BCUT2D eigenvalue weighted by atomic mass is 10.2. The number of nitrogens with one attached hydrogen (secondary N) is 1. The molecule has 0 radical (unpaired) electrons. The highest BCUT2D eigenvalue weighted by atomic mass is 79.9. The first-order chi connectivity index (χ1) is 11.2. The molecule has 6 nitrogen and oxygen atoms in total. The maximum atomic E-state index is 12.7. The zero-order valence-electron chi connectivity index (χ0n) is 13.1. The van der Waals surface area contributed by atoms with Gasteiger partial charge in [-0.1, -0.05) is 35.0 Å². The van der Waals surface area contributed by atoms with Crippen LogP contribution in [-0.2, 0) is 0 Å². The van der Waals surface area contributed by atoms with Crippen molar-refractivity contribution >= 4 is 46.0 Å². The SMILES string of the molecule is CCCN1C(=O)N2CCN=C2c2[nH]c(-c3cccc(Br)c3)nc21.Cl. The number of anilines is 1. The quantitative estimate of drug-likeness (QED) is 0.839. The number of rotatable bonds is 3. The van der Waals surface area contributed by atoms with E-state index in [2.05, 4.69) is 32.8 Å². The molecular formula is C16H17BrClN5O. The van der Waals surface area contributed by atoms with Crippen LogP contribution in [0, 0.1) is 0 Å². The van der Waals surface area contributed by atoms with Crippen molar-refractivity contribution in [3.8, 4) is 11.4 Å². The van der Waals surface area contributed by atoms with E-state index in [4.69, 9.17) is 4.98 Å². The summed E-state index contributed by atoms with van der Waals surface area (Å²) in [7, 11) is 0. The summed E-state index contributed by atoms with van der Waals surface area (Å²) in [4.78, 5) is 28.7. The third kappa shape index (κ3) is 2.61. The number of hydrogen-bond donors (Lipinski definition) is 1. The van der Waals surface area contributed by atoms with Crippen LogP contribution in [0.1, 0.15) is 19.0 Å². The number of nitrogens with zero attached hydrogens (tertiary/aromatic N) is 4. The van der Waals surface area contributed by atoms with Gasteiger partial charge in [0.25, 0.3) is 0 Å². The summed E-state index contributed by atoms with van der Waals surface area (Å²) in [6, 6.07) is 7.92. The molecule has 24 heavy (non-hydrogen) atoms. The molecule has 2 aliphatic heterocycles. The Morgan fingerprint density at radius 1 is 1.38 bits per heavy atom. The fourth-order valence-corrected chi connectivity index (χ4v) is 3.40. The van der Waals surface area contributed by atoms with Crippen LogP contribution in [0.4, 0.5) is 10.6 Å². The van der Waals surface area contributed by atoms with Crippen LogP contribution in [0.15, 0.2) is 33.7 Å². The van der Waals surface area contributed by atoms with Crippen LogP contribution in [0.25, 0.3) is 11.4 Å². The molecule has 1 aromatic carbocycles. The summed E-state index contributed by atoms with van der Waals surface area (Å²) in [5.41, 5.74) is 1.81. The first-order valence-corrected chi connectivity index (χ1v) is 8.48. The number of carbonyl (C=O) groups is 1. The highest BCUT2D eigenvalue weighted by Crippen LogP contribution is 2.32. The van der Waals surface area contributed by atoms with E-state index < -0.39 is 0 Å². The molecule has 0 saturated heterocycles. The summed E-state index contributed by atoms with van der Waals surface area (Å²) in [5.74, 6) is 2.15. The van der Waals surface area contributed by atoms with E-state index in [1.54, 1.807) is 9.80 Å². The van der Waals surface area contributed by atoms with Crippen LogP contribution in [-0.4, -0.2) is 46.4 Å². The first-order valence-electron chi connectivity index (χ1n) is 7.69. The summed E-state index contributed by atoms with van der Waals surface area (Å²) in [6.07, 6.45) is 0.880. The van der Waals surface area contributed by atoms with Crippen LogP contribution in [0.2, 0.25) is 0 Å². The second-order valence-electron chi connectivity index (χ2n) is 5.59. The number of fused-ring (bicyclic) bond motifs is 3. The number of halogens is 2. The zero-order valence-corrected chi connectivity index (χ0v) is 15.5. The average molecular weight is 411 g/mol. The Morgan fingerprint density at radius 3 is 2.96 bits per heavy atom. The molecule has 4 rings (SSSR count). The standard InChI is InChI=1S/C16H16BrN5O.ClH/c1-2-7-21-15-12(14-18-6-8-22(14)16(21)23)19-13(20-15)10-4-3-5-11(17)9-10;/h3-5,9H,2,6-8H2,1H3,(H,19,20);1H. The van der Waals surface area contributed by atoms with Crippen molar-refractivity contribution in [1.29, 1.82) is 0 Å². The van der Waals surface area contributed by atoms with Gasteiger partial charge in [-0.05, 0) is 18.6 Å². The topological polar surface area (TPSA) is 64.6 Å². The first kappa shape index (κ1) is 17.0. The Morgan fingerprint density at radius 2 is 2.21 bits per heavy atom. The molecule has 2 aromatic rings. The molecule has 8 heteroatoms. The van der Waals surface area contributed by atoms with Gasteiger partial charge in [-0.15, -0.1) is 12.4 Å². The van der Waals surface area contributed by atoms with Crippen molar-refractivity contribution in [2.24, 2.45) is 4.99 Å². The van der Waals surface area contributed by atoms with Crippen molar-refractivity contribution in [1.82, 2.24) is 14.9 Å². The summed E-state index contributed by atoms with van der Waals surface area (Å²) < 4.78 is 0.991. The lowest BCUT2D eigenvalue weighted by Gasteiger charge is -2.31. The number of imidazole rings is 1. The van der Waals surface area contributed by atoms with E-state index in [0.717, 1.165) is 28.0 Å². The van der Waals surface area contributed by atoms with Gasteiger partial charge in [0.05, 0.1) is 6.54 Å². The second-order valence-corrected chi connectivity index (χ2v) is 6.50. The van der Waals surface area contributed by atoms with Crippen molar-refractivity contribution in [3.05, 3.63) is 34.4 Å². The van der Waals surface area contributed by atoms with Gasteiger partial charge in [-0.25, -0.2) is 9.78 Å². The van der Waals surface area contributed by atoms with E-state index >= 15 is 0 Å². The van der Waals surface area contributed by atoms with E-state index in [-0.39, 0.29) is 18.4 Å². The average Bonchev–Trinajstić information content (AvgIpc) is 3.18. The minimum absolute atomic E-state index is 0. The summed E-state index contributed by atoms with van der Waals surface area (Å²) >= 11 is 3.48. The number of benzene rings is 1. The minimum atomic E-state index is -0.0251. The number of H-pyrrole nitrogens is 1. The van der Waals surface area contributed by atoms with Gasteiger partial charge in [0.15, 0.2) is 11.7 Å². The summed E-state index contributed by atoms with van der Waals surface area (Å²) in [6.45, 7) is 3.99. The summed E-state index contributed by atoms with van der Waals surface area (Å²) in [5, 5.41) is 0. The number of aliphatic imine (C=N–C) groups is 1. The smallest absolute Gasteiger partial charge is 0.331 e.